The lowest BCUT2D eigenvalue weighted by atomic mass is 9.88. The number of carbonyl (C=O) groups excluding carboxylic acids is 1. The van der Waals surface area contributed by atoms with Crippen LogP contribution in [0.15, 0.2) is 30.5 Å². The molecule has 2 aromatic rings. The van der Waals surface area contributed by atoms with Crippen LogP contribution in [0.1, 0.15) is 37.8 Å². The molecule has 0 saturated heterocycles. The molecule has 116 valence electrons. The minimum Gasteiger partial charge on any atom is -0.315 e. The Hall–Kier alpha value is -2.17. The van der Waals surface area contributed by atoms with E-state index in [0.717, 1.165) is 29.9 Å². The van der Waals surface area contributed by atoms with Gasteiger partial charge in [-0.05, 0) is 38.0 Å². The van der Waals surface area contributed by atoms with Gasteiger partial charge < -0.3 is 4.90 Å². The Kier molecular flexibility index (Phi) is 4.22. The molecule has 0 unspecified atom stereocenters. The van der Waals surface area contributed by atoms with Crippen molar-refractivity contribution in [3.8, 4) is 5.69 Å². The van der Waals surface area contributed by atoms with Gasteiger partial charge in [-0.1, -0.05) is 25.3 Å². The lowest BCUT2D eigenvalue weighted by Crippen LogP contribution is -2.34. The summed E-state index contributed by atoms with van der Waals surface area (Å²) in [6.07, 6.45) is 7.35. The molecule has 1 heterocycles. The molecule has 1 fully saturated rings. The summed E-state index contributed by atoms with van der Waals surface area (Å²) in [5.41, 5.74) is 2.63. The van der Waals surface area contributed by atoms with E-state index in [1.165, 1.54) is 19.3 Å². The third kappa shape index (κ3) is 3.03. The average molecular weight is 298 g/mol. The highest BCUT2D eigenvalue weighted by Crippen LogP contribution is 2.27. The standard InChI is InChI=1S/C17H22N4O/c1-13-12-18-21(19-13)16-10-6-9-15(11-16)20(2)17(22)14-7-4-3-5-8-14/h6,9-12,14H,3-5,7-8H2,1-2H3. The van der Waals surface area contributed by atoms with Gasteiger partial charge in [-0.3, -0.25) is 4.79 Å². The highest BCUT2D eigenvalue weighted by atomic mass is 16.2. The van der Waals surface area contributed by atoms with Gasteiger partial charge in [0.15, 0.2) is 0 Å². The number of aromatic nitrogens is 3. The van der Waals surface area contributed by atoms with Crippen LogP contribution in [0.3, 0.4) is 0 Å². The number of benzene rings is 1. The van der Waals surface area contributed by atoms with Gasteiger partial charge in [-0.15, -0.1) is 0 Å². The molecule has 3 rings (SSSR count). The van der Waals surface area contributed by atoms with E-state index in [-0.39, 0.29) is 11.8 Å². The zero-order valence-corrected chi connectivity index (χ0v) is 13.2. The zero-order valence-electron chi connectivity index (χ0n) is 13.2. The predicted molar refractivity (Wildman–Crippen MR) is 86.1 cm³/mol. The predicted octanol–water partition coefficient (Wildman–Crippen LogP) is 3.12. The topological polar surface area (TPSA) is 51.0 Å². The summed E-state index contributed by atoms with van der Waals surface area (Å²) < 4.78 is 0. The summed E-state index contributed by atoms with van der Waals surface area (Å²) in [6, 6.07) is 7.80. The maximum absolute atomic E-state index is 12.6. The van der Waals surface area contributed by atoms with Crippen molar-refractivity contribution in [1.29, 1.82) is 0 Å². The maximum Gasteiger partial charge on any atom is 0.229 e. The van der Waals surface area contributed by atoms with E-state index in [1.54, 1.807) is 15.9 Å². The lowest BCUT2D eigenvalue weighted by molar-refractivity contribution is -0.123. The quantitative estimate of drug-likeness (QED) is 0.875. The second-order valence-electron chi connectivity index (χ2n) is 6.03. The van der Waals surface area contributed by atoms with Crippen molar-refractivity contribution in [2.75, 3.05) is 11.9 Å². The number of carbonyl (C=O) groups is 1. The Morgan fingerprint density at radius 2 is 2.05 bits per heavy atom. The molecule has 22 heavy (non-hydrogen) atoms. The number of nitrogens with zero attached hydrogens (tertiary/aromatic N) is 4. The van der Waals surface area contributed by atoms with E-state index in [1.807, 2.05) is 38.2 Å². The van der Waals surface area contributed by atoms with Crippen LogP contribution in [0.5, 0.6) is 0 Å². The lowest BCUT2D eigenvalue weighted by Gasteiger charge is -2.26. The number of aryl methyl sites for hydroxylation is 1. The third-order valence-electron chi connectivity index (χ3n) is 4.34. The Bertz CT molecular complexity index is 658. The Morgan fingerprint density at radius 3 is 2.73 bits per heavy atom. The minimum atomic E-state index is 0.174. The maximum atomic E-state index is 12.6. The van der Waals surface area contributed by atoms with E-state index in [2.05, 4.69) is 10.2 Å². The molecule has 0 atom stereocenters. The molecule has 0 aliphatic heterocycles. The largest absolute Gasteiger partial charge is 0.315 e. The van der Waals surface area contributed by atoms with Crippen molar-refractivity contribution >= 4 is 11.6 Å². The summed E-state index contributed by atoms with van der Waals surface area (Å²) in [5, 5.41) is 8.54. The number of anilines is 1. The number of amides is 1. The van der Waals surface area contributed by atoms with Crippen molar-refractivity contribution in [2.45, 2.75) is 39.0 Å². The van der Waals surface area contributed by atoms with Gasteiger partial charge in [-0.2, -0.15) is 15.0 Å². The van der Waals surface area contributed by atoms with Crippen LogP contribution in [0.4, 0.5) is 5.69 Å². The first-order valence-electron chi connectivity index (χ1n) is 7.92. The second kappa shape index (κ2) is 6.30. The van der Waals surface area contributed by atoms with Gasteiger partial charge in [0.05, 0.1) is 17.6 Å². The molecule has 1 aromatic carbocycles. The van der Waals surface area contributed by atoms with Gasteiger partial charge in [0.25, 0.3) is 0 Å². The third-order valence-corrected chi connectivity index (χ3v) is 4.34. The summed E-state index contributed by atoms with van der Waals surface area (Å²) in [5.74, 6) is 0.397. The van der Waals surface area contributed by atoms with Crippen LogP contribution in [0.2, 0.25) is 0 Å². The van der Waals surface area contributed by atoms with E-state index >= 15 is 0 Å². The summed E-state index contributed by atoms with van der Waals surface area (Å²) in [4.78, 5) is 16.0. The normalized spacial score (nSPS) is 15.7. The van der Waals surface area contributed by atoms with Crippen LogP contribution in [0.25, 0.3) is 5.69 Å². The van der Waals surface area contributed by atoms with Gasteiger partial charge in [0.2, 0.25) is 5.91 Å². The molecule has 1 saturated carbocycles. The van der Waals surface area contributed by atoms with Crippen LogP contribution in [-0.2, 0) is 4.79 Å². The molecule has 5 heteroatoms. The molecular formula is C17H22N4O. The van der Waals surface area contributed by atoms with Gasteiger partial charge in [0, 0.05) is 18.7 Å². The van der Waals surface area contributed by atoms with Crippen molar-refractivity contribution in [3.05, 3.63) is 36.2 Å². The minimum absolute atomic E-state index is 0.174. The number of hydrogen-bond acceptors (Lipinski definition) is 3. The summed E-state index contributed by atoms with van der Waals surface area (Å²) in [6.45, 7) is 1.91. The average Bonchev–Trinajstić information content (AvgIpc) is 3.01. The van der Waals surface area contributed by atoms with E-state index in [4.69, 9.17) is 0 Å². The van der Waals surface area contributed by atoms with Crippen molar-refractivity contribution < 1.29 is 4.79 Å². The Balaban J connectivity index is 1.80. The highest BCUT2D eigenvalue weighted by molar-refractivity contribution is 5.94. The van der Waals surface area contributed by atoms with E-state index in [0.29, 0.717) is 0 Å². The smallest absolute Gasteiger partial charge is 0.229 e. The van der Waals surface area contributed by atoms with Gasteiger partial charge in [-0.25, -0.2) is 0 Å². The molecular weight excluding hydrogens is 276 g/mol. The first-order chi connectivity index (χ1) is 10.6. The molecule has 0 spiro atoms. The molecule has 1 aliphatic carbocycles. The molecule has 0 bridgehead atoms. The van der Waals surface area contributed by atoms with Crippen LogP contribution < -0.4 is 4.90 Å². The zero-order chi connectivity index (χ0) is 15.5. The van der Waals surface area contributed by atoms with Crippen LogP contribution >= 0.6 is 0 Å². The fourth-order valence-corrected chi connectivity index (χ4v) is 3.04. The number of rotatable bonds is 3. The molecule has 1 amide bonds. The van der Waals surface area contributed by atoms with E-state index < -0.39 is 0 Å². The second-order valence-corrected chi connectivity index (χ2v) is 6.03. The van der Waals surface area contributed by atoms with Crippen LogP contribution in [-0.4, -0.2) is 27.9 Å². The Labute approximate surface area is 130 Å². The summed E-state index contributed by atoms with van der Waals surface area (Å²) >= 11 is 0. The molecule has 0 N–H and O–H groups in total. The highest BCUT2D eigenvalue weighted by Gasteiger charge is 2.24. The fourth-order valence-electron chi connectivity index (χ4n) is 3.04. The first-order valence-corrected chi connectivity index (χ1v) is 7.92. The number of hydrogen-bond donors (Lipinski definition) is 0. The summed E-state index contributed by atoms with van der Waals surface area (Å²) in [7, 11) is 1.86. The van der Waals surface area contributed by atoms with Crippen molar-refractivity contribution in [1.82, 2.24) is 15.0 Å². The molecule has 5 nitrogen and oxygen atoms in total. The van der Waals surface area contributed by atoms with Crippen LogP contribution in [0, 0.1) is 12.8 Å². The van der Waals surface area contributed by atoms with E-state index in [9.17, 15) is 4.79 Å². The molecule has 1 aromatic heterocycles. The molecule has 1 aliphatic rings. The van der Waals surface area contributed by atoms with Gasteiger partial charge in [0.1, 0.15) is 0 Å². The van der Waals surface area contributed by atoms with Gasteiger partial charge >= 0.3 is 0 Å². The van der Waals surface area contributed by atoms with Crippen molar-refractivity contribution in [2.24, 2.45) is 5.92 Å². The first kappa shape index (κ1) is 14.8. The van der Waals surface area contributed by atoms with Crippen molar-refractivity contribution in [3.63, 3.8) is 0 Å². The fraction of sp³-hybridized carbons (Fsp3) is 0.471. The Morgan fingerprint density at radius 1 is 1.27 bits per heavy atom. The SMILES string of the molecule is Cc1cnn(-c2cccc(N(C)C(=O)C3CCCCC3)c2)n1. The molecule has 0 radical (unpaired) electrons. The monoisotopic (exact) mass is 298 g/mol.